The molecule has 0 saturated carbocycles. The van der Waals surface area contributed by atoms with Crippen LogP contribution < -0.4 is 11.3 Å². The maximum Gasteiger partial charge on any atom is 0.0727 e. The maximum absolute atomic E-state index is 5.77. The van der Waals surface area contributed by atoms with Crippen molar-refractivity contribution in [3.05, 3.63) is 77.6 Å². The van der Waals surface area contributed by atoms with Gasteiger partial charge in [-0.2, -0.15) is 0 Å². The number of hydrogen-bond acceptors (Lipinski definition) is 3. The molecule has 0 radical (unpaired) electrons. The van der Waals surface area contributed by atoms with Crippen molar-refractivity contribution >= 4 is 10.8 Å². The van der Waals surface area contributed by atoms with E-state index in [0.29, 0.717) is 0 Å². The normalized spacial score (nSPS) is 12.5. The first-order chi connectivity index (χ1) is 9.79. The van der Waals surface area contributed by atoms with Crippen LogP contribution in [0.4, 0.5) is 0 Å². The Morgan fingerprint density at radius 2 is 1.80 bits per heavy atom. The Morgan fingerprint density at radius 1 is 1.00 bits per heavy atom. The average molecular weight is 263 g/mol. The highest BCUT2D eigenvalue weighted by atomic mass is 15.2. The Morgan fingerprint density at radius 3 is 2.55 bits per heavy atom. The molecule has 1 aromatic heterocycles. The van der Waals surface area contributed by atoms with Crippen LogP contribution in [0.2, 0.25) is 0 Å². The molecule has 0 aliphatic carbocycles. The van der Waals surface area contributed by atoms with Gasteiger partial charge in [0, 0.05) is 11.9 Å². The van der Waals surface area contributed by atoms with Crippen LogP contribution in [0.5, 0.6) is 0 Å². The number of aromatic nitrogens is 1. The monoisotopic (exact) mass is 263 g/mol. The number of pyridine rings is 1. The number of nitrogens with zero attached hydrogens (tertiary/aromatic N) is 1. The third-order valence-electron chi connectivity index (χ3n) is 3.63. The molecule has 0 saturated heterocycles. The fourth-order valence-corrected chi connectivity index (χ4v) is 2.55. The summed E-state index contributed by atoms with van der Waals surface area (Å²) >= 11 is 0. The lowest BCUT2D eigenvalue weighted by atomic mass is 9.96. The van der Waals surface area contributed by atoms with Gasteiger partial charge in [-0.25, -0.2) is 5.43 Å². The minimum atomic E-state index is -0.0479. The van der Waals surface area contributed by atoms with E-state index in [0.717, 1.165) is 16.8 Å². The molecule has 1 unspecified atom stereocenters. The Hall–Kier alpha value is -2.23. The lowest BCUT2D eigenvalue weighted by Crippen LogP contribution is -2.29. The molecule has 20 heavy (non-hydrogen) atoms. The first kappa shape index (κ1) is 12.8. The quantitative estimate of drug-likeness (QED) is 0.564. The van der Waals surface area contributed by atoms with E-state index in [1.165, 1.54) is 10.8 Å². The molecule has 100 valence electrons. The molecule has 1 atom stereocenters. The Balaban J connectivity index is 2.10. The number of rotatable bonds is 3. The molecule has 0 aliphatic rings. The second-order valence-electron chi connectivity index (χ2n) is 4.88. The van der Waals surface area contributed by atoms with Crippen LogP contribution in [0.1, 0.15) is 22.9 Å². The number of aryl methyl sites for hydroxylation is 1. The van der Waals surface area contributed by atoms with Crippen molar-refractivity contribution in [3.8, 4) is 0 Å². The number of hydrazine groups is 1. The minimum absolute atomic E-state index is 0.0479. The van der Waals surface area contributed by atoms with E-state index in [2.05, 4.69) is 46.8 Å². The summed E-state index contributed by atoms with van der Waals surface area (Å²) in [5, 5.41) is 2.45. The number of nitrogens with one attached hydrogen (secondary N) is 1. The van der Waals surface area contributed by atoms with Gasteiger partial charge in [0.25, 0.3) is 0 Å². The average Bonchev–Trinajstić information content (AvgIpc) is 2.50. The van der Waals surface area contributed by atoms with Crippen molar-refractivity contribution in [2.75, 3.05) is 0 Å². The molecule has 3 nitrogen and oxygen atoms in total. The maximum atomic E-state index is 5.77. The summed E-state index contributed by atoms with van der Waals surface area (Å²) in [6, 6.07) is 18.7. The van der Waals surface area contributed by atoms with Gasteiger partial charge >= 0.3 is 0 Å². The van der Waals surface area contributed by atoms with E-state index in [1.54, 1.807) is 6.20 Å². The molecule has 3 rings (SSSR count). The van der Waals surface area contributed by atoms with Crippen LogP contribution in [0.25, 0.3) is 10.8 Å². The van der Waals surface area contributed by atoms with Crippen LogP contribution in [0, 0.1) is 6.92 Å². The van der Waals surface area contributed by atoms with Crippen molar-refractivity contribution in [3.63, 3.8) is 0 Å². The van der Waals surface area contributed by atoms with Gasteiger partial charge in [-0.05, 0) is 41.0 Å². The molecule has 0 bridgehead atoms. The first-order valence-electron chi connectivity index (χ1n) is 6.66. The summed E-state index contributed by atoms with van der Waals surface area (Å²) < 4.78 is 0. The summed E-state index contributed by atoms with van der Waals surface area (Å²) in [5.41, 5.74) is 6.13. The third-order valence-corrected chi connectivity index (χ3v) is 3.63. The largest absolute Gasteiger partial charge is 0.271 e. The van der Waals surface area contributed by atoms with Crippen LogP contribution in [0.3, 0.4) is 0 Å². The van der Waals surface area contributed by atoms with Gasteiger partial charge in [0.1, 0.15) is 0 Å². The second kappa shape index (κ2) is 5.41. The fraction of sp³-hybridized carbons (Fsp3) is 0.118. The van der Waals surface area contributed by atoms with Crippen molar-refractivity contribution < 1.29 is 0 Å². The Kier molecular flexibility index (Phi) is 3.46. The molecule has 3 N–H and O–H groups in total. The zero-order valence-electron chi connectivity index (χ0n) is 11.4. The molecule has 3 aromatic rings. The van der Waals surface area contributed by atoms with Gasteiger partial charge in [-0.15, -0.1) is 0 Å². The molecule has 0 spiro atoms. The predicted molar refractivity (Wildman–Crippen MR) is 82.1 cm³/mol. The summed E-state index contributed by atoms with van der Waals surface area (Å²) in [7, 11) is 0. The van der Waals surface area contributed by atoms with Gasteiger partial charge in [0.05, 0.1) is 6.04 Å². The highest BCUT2D eigenvalue weighted by Crippen LogP contribution is 2.26. The van der Waals surface area contributed by atoms with Gasteiger partial charge in [-0.1, -0.05) is 42.5 Å². The predicted octanol–water partition coefficient (Wildman–Crippen LogP) is 3.10. The van der Waals surface area contributed by atoms with E-state index in [-0.39, 0.29) is 6.04 Å². The molecule has 0 aliphatic heterocycles. The smallest absolute Gasteiger partial charge is 0.0727 e. The lowest BCUT2D eigenvalue weighted by Gasteiger charge is -2.19. The summed E-state index contributed by atoms with van der Waals surface area (Å²) in [4.78, 5) is 4.34. The van der Waals surface area contributed by atoms with Gasteiger partial charge in [0.2, 0.25) is 0 Å². The number of nitrogens with two attached hydrogens (primary N) is 1. The molecular formula is C17H17N3. The van der Waals surface area contributed by atoms with Gasteiger partial charge in [0.15, 0.2) is 0 Å². The topological polar surface area (TPSA) is 50.9 Å². The molecule has 1 heterocycles. The minimum Gasteiger partial charge on any atom is -0.271 e. The molecule has 2 aromatic carbocycles. The first-order valence-corrected chi connectivity index (χ1v) is 6.66. The lowest BCUT2D eigenvalue weighted by molar-refractivity contribution is 0.631. The highest BCUT2D eigenvalue weighted by molar-refractivity contribution is 5.83. The standard InChI is InChI=1S/C17H17N3/c1-12-16(7-4-10-19-12)17(20-18)15-9-8-13-5-2-3-6-14(13)11-15/h2-11,17,20H,18H2,1H3. The van der Waals surface area contributed by atoms with E-state index >= 15 is 0 Å². The fourth-order valence-electron chi connectivity index (χ4n) is 2.55. The summed E-state index contributed by atoms with van der Waals surface area (Å²) in [5.74, 6) is 5.77. The van der Waals surface area contributed by atoms with Gasteiger partial charge in [-0.3, -0.25) is 10.8 Å². The van der Waals surface area contributed by atoms with Crippen molar-refractivity contribution in [1.82, 2.24) is 10.4 Å². The van der Waals surface area contributed by atoms with Crippen molar-refractivity contribution in [2.24, 2.45) is 5.84 Å². The zero-order chi connectivity index (χ0) is 13.9. The Bertz CT molecular complexity index is 737. The Labute approximate surface area is 118 Å². The molecule has 0 amide bonds. The van der Waals surface area contributed by atoms with Gasteiger partial charge < -0.3 is 0 Å². The number of hydrogen-bond donors (Lipinski definition) is 2. The SMILES string of the molecule is Cc1ncccc1C(NN)c1ccc2ccccc2c1. The second-order valence-corrected chi connectivity index (χ2v) is 4.88. The van der Waals surface area contributed by atoms with E-state index < -0.39 is 0 Å². The highest BCUT2D eigenvalue weighted by Gasteiger charge is 2.15. The molecule has 3 heteroatoms. The van der Waals surface area contributed by atoms with Crippen molar-refractivity contribution in [2.45, 2.75) is 13.0 Å². The number of benzene rings is 2. The molecule has 0 fully saturated rings. The van der Waals surface area contributed by atoms with Crippen LogP contribution in [-0.2, 0) is 0 Å². The van der Waals surface area contributed by atoms with Crippen LogP contribution >= 0.6 is 0 Å². The van der Waals surface area contributed by atoms with E-state index in [1.807, 2.05) is 25.1 Å². The summed E-state index contributed by atoms with van der Waals surface area (Å²) in [6.07, 6.45) is 1.80. The van der Waals surface area contributed by atoms with Crippen molar-refractivity contribution in [1.29, 1.82) is 0 Å². The van der Waals surface area contributed by atoms with E-state index in [9.17, 15) is 0 Å². The molecular weight excluding hydrogens is 246 g/mol. The van der Waals surface area contributed by atoms with Crippen LogP contribution in [-0.4, -0.2) is 4.98 Å². The van der Waals surface area contributed by atoms with E-state index in [4.69, 9.17) is 5.84 Å². The number of fused-ring (bicyclic) bond motifs is 1. The zero-order valence-corrected chi connectivity index (χ0v) is 11.4. The third kappa shape index (κ3) is 2.29. The summed E-state index contributed by atoms with van der Waals surface area (Å²) in [6.45, 7) is 2.00. The van der Waals surface area contributed by atoms with Crippen LogP contribution in [0.15, 0.2) is 60.8 Å².